The van der Waals surface area contributed by atoms with Gasteiger partial charge in [0.25, 0.3) is 5.91 Å². The van der Waals surface area contributed by atoms with Crippen LogP contribution in [0, 0.1) is 6.92 Å². The molecular formula is C22H23N3O4S2. The zero-order chi connectivity index (χ0) is 22.3. The van der Waals surface area contributed by atoms with Crippen LogP contribution in [0.5, 0.6) is 5.75 Å². The predicted octanol–water partition coefficient (Wildman–Crippen LogP) is 3.41. The summed E-state index contributed by atoms with van der Waals surface area (Å²) < 4.78 is 32.7. The van der Waals surface area contributed by atoms with Gasteiger partial charge in [0.15, 0.2) is 0 Å². The second-order valence-corrected chi connectivity index (χ2v) is 9.58. The highest BCUT2D eigenvalue weighted by molar-refractivity contribution is 7.89. The lowest BCUT2D eigenvalue weighted by molar-refractivity contribution is -0.121. The highest BCUT2D eigenvalue weighted by Crippen LogP contribution is 2.21. The van der Waals surface area contributed by atoms with Gasteiger partial charge in [-0.15, -0.1) is 11.3 Å². The van der Waals surface area contributed by atoms with Crippen LogP contribution in [0.1, 0.15) is 16.0 Å². The third kappa shape index (κ3) is 6.00. The van der Waals surface area contributed by atoms with Crippen LogP contribution in [0.25, 0.3) is 0 Å². The molecule has 31 heavy (non-hydrogen) atoms. The molecule has 0 spiro atoms. The molecule has 0 saturated carbocycles. The Morgan fingerprint density at radius 1 is 1.13 bits per heavy atom. The zero-order valence-corrected chi connectivity index (χ0v) is 18.8. The molecule has 0 atom stereocenters. The van der Waals surface area contributed by atoms with E-state index in [0.29, 0.717) is 5.75 Å². The molecular weight excluding hydrogens is 434 g/mol. The maximum absolute atomic E-state index is 13.2. The number of hydrogen-bond acceptors (Lipinski definition) is 6. The fourth-order valence-electron chi connectivity index (χ4n) is 2.78. The molecule has 1 N–H and O–H groups in total. The maximum Gasteiger partial charge on any atom is 0.255 e. The van der Waals surface area contributed by atoms with E-state index in [1.165, 1.54) is 30.6 Å². The number of methoxy groups -OCH3 is 1. The number of hydrogen-bond donors (Lipinski definition) is 1. The first-order valence-electron chi connectivity index (χ1n) is 9.44. The number of amides is 1. The van der Waals surface area contributed by atoms with E-state index in [2.05, 4.69) is 10.5 Å². The Morgan fingerprint density at radius 3 is 2.45 bits per heavy atom. The minimum absolute atomic E-state index is 0.0520. The Balaban J connectivity index is 1.79. The van der Waals surface area contributed by atoms with Gasteiger partial charge >= 0.3 is 0 Å². The first-order chi connectivity index (χ1) is 14.9. The number of carbonyl (C=O) groups is 1. The van der Waals surface area contributed by atoms with Crippen molar-refractivity contribution in [1.82, 2.24) is 9.73 Å². The first-order valence-corrected chi connectivity index (χ1v) is 11.8. The number of benzene rings is 2. The highest BCUT2D eigenvalue weighted by Gasteiger charge is 2.27. The van der Waals surface area contributed by atoms with Gasteiger partial charge in [-0.1, -0.05) is 30.3 Å². The van der Waals surface area contributed by atoms with Crippen molar-refractivity contribution in [1.29, 1.82) is 0 Å². The number of hydrazone groups is 1. The summed E-state index contributed by atoms with van der Waals surface area (Å²) in [6.45, 7) is 1.63. The molecule has 1 amide bonds. The topological polar surface area (TPSA) is 88.1 Å². The second kappa shape index (κ2) is 10.3. The Labute approximate surface area is 186 Å². The third-order valence-electron chi connectivity index (χ3n) is 4.49. The fraction of sp³-hybridized carbons (Fsp3) is 0.182. The van der Waals surface area contributed by atoms with Crippen LogP contribution in [-0.2, 0) is 21.4 Å². The normalized spacial score (nSPS) is 11.7. The van der Waals surface area contributed by atoms with E-state index in [-0.39, 0.29) is 18.0 Å². The molecule has 2 aromatic carbocycles. The monoisotopic (exact) mass is 457 g/mol. The molecule has 3 aromatic rings. The van der Waals surface area contributed by atoms with Gasteiger partial charge in [0, 0.05) is 11.4 Å². The molecule has 3 rings (SSSR count). The molecule has 9 heteroatoms. The molecule has 0 radical (unpaired) electrons. The van der Waals surface area contributed by atoms with Gasteiger partial charge in [-0.05, 0) is 53.8 Å². The van der Waals surface area contributed by atoms with Gasteiger partial charge < -0.3 is 4.74 Å². The number of nitrogens with one attached hydrogen (secondary N) is 1. The van der Waals surface area contributed by atoms with E-state index in [1.807, 2.05) is 48.7 Å². The molecule has 0 bridgehead atoms. The maximum atomic E-state index is 13.2. The van der Waals surface area contributed by atoms with E-state index in [0.717, 1.165) is 20.3 Å². The first kappa shape index (κ1) is 22.7. The van der Waals surface area contributed by atoms with Gasteiger partial charge in [-0.3, -0.25) is 4.79 Å². The van der Waals surface area contributed by atoms with Gasteiger partial charge in [-0.2, -0.15) is 9.41 Å². The lowest BCUT2D eigenvalue weighted by atomic mass is 10.2. The van der Waals surface area contributed by atoms with Crippen LogP contribution in [0.15, 0.2) is 76.0 Å². The molecule has 0 fully saturated rings. The van der Waals surface area contributed by atoms with Gasteiger partial charge in [0.1, 0.15) is 5.75 Å². The molecule has 0 aliphatic carbocycles. The van der Waals surface area contributed by atoms with Crippen molar-refractivity contribution < 1.29 is 17.9 Å². The number of ether oxygens (including phenoxy) is 1. The summed E-state index contributed by atoms with van der Waals surface area (Å²) in [6, 6.07) is 17.1. The number of carbonyl (C=O) groups excluding carboxylic acids is 1. The number of rotatable bonds is 9. The zero-order valence-electron chi connectivity index (χ0n) is 17.2. The van der Waals surface area contributed by atoms with Crippen molar-refractivity contribution in [3.63, 3.8) is 0 Å². The van der Waals surface area contributed by atoms with Gasteiger partial charge in [-0.25, -0.2) is 13.8 Å². The molecule has 0 saturated heterocycles. The summed E-state index contributed by atoms with van der Waals surface area (Å²) in [7, 11) is -2.42. The largest absolute Gasteiger partial charge is 0.497 e. The average Bonchev–Trinajstić information content (AvgIpc) is 3.18. The Hall–Kier alpha value is -3.01. The summed E-state index contributed by atoms with van der Waals surface area (Å²) in [5.74, 6) is 0.0167. The Morgan fingerprint density at radius 2 is 1.84 bits per heavy atom. The standard InChI is InChI=1S/C22H23N3O4S2/c1-17-12-13-30-21(17)14-23-24-22(26)16-25(15-18-6-4-3-5-7-18)31(27,28)20-10-8-19(29-2)9-11-20/h3-14H,15-16H2,1-2H3,(H,24,26)/b23-14+. The van der Waals surface area contributed by atoms with Crippen LogP contribution in [0.2, 0.25) is 0 Å². The summed E-state index contributed by atoms with van der Waals surface area (Å²) >= 11 is 1.50. The predicted molar refractivity (Wildman–Crippen MR) is 122 cm³/mol. The van der Waals surface area contributed by atoms with Crippen LogP contribution < -0.4 is 10.2 Å². The summed E-state index contributed by atoms with van der Waals surface area (Å²) in [4.78, 5) is 13.5. The minimum Gasteiger partial charge on any atom is -0.497 e. The Bertz CT molecular complexity index is 1140. The smallest absolute Gasteiger partial charge is 0.255 e. The third-order valence-corrected chi connectivity index (χ3v) is 7.25. The fourth-order valence-corrected chi connectivity index (χ4v) is 4.96. The lowest BCUT2D eigenvalue weighted by Gasteiger charge is -2.21. The number of thiophene rings is 1. The number of aryl methyl sites for hydroxylation is 1. The van der Waals surface area contributed by atoms with E-state index >= 15 is 0 Å². The summed E-state index contributed by atoms with van der Waals surface area (Å²) in [5.41, 5.74) is 4.24. The van der Waals surface area contributed by atoms with Crippen LogP contribution in [0.3, 0.4) is 0 Å². The van der Waals surface area contributed by atoms with Crippen molar-refractivity contribution in [3.8, 4) is 5.75 Å². The average molecular weight is 458 g/mol. The molecule has 1 aromatic heterocycles. The van der Waals surface area contributed by atoms with Crippen molar-refractivity contribution in [2.24, 2.45) is 5.10 Å². The van der Waals surface area contributed by atoms with Crippen molar-refractivity contribution in [2.75, 3.05) is 13.7 Å². The van der Waals surface area contributed by atoms with Crippen LogP contribution in [-0.4, -0.2) is 38.5 Å². The van der Waals surface area contributed by atoms with E-state index < -0.39 is 15.9 Å². The van der Waals surface area contributed by atoms with E-state index in [1.54, 1.807) is 18.3 Å². The number of nitrogens with zero attached hydrogens (tertiary/aromatic N) is 2. The lowest BCUT2D eigenvalue weighted by Crippen LogP contribution is -2.39. The van der Waals surface area contributed by atoms with Crippen molar-refractivity contribution in [2.45, 2.75) is 18.4 Å². The van der Waals surface area contributed by atoms with Crippen LogP contribution >= 0.6 is 11.3 Å². The van der Waals surface area contributed by atoms with Gasteiger partial charge in [0.2, 0.25) is 10.0 Å². The highest BCUT2D eigenvalue weighted by atomic mass is 32.2. The minimum atomic E-state index is -3.93. The van der Waals surface area contributed by atoms with Crippen LogP contribution in [0.4, 0.5) is 0 Å². The molecule has 0 aliphatic heterocycles. The molecule has 1 heterocycles. The molecule has 0 aliphatic rings. The van der Waals surface area contributed by atoms with E-state index in [9.17, 15) is 13.2 Å². The van der Waals surface area contributed by atoms with E-state index in [4.69, 9.17) is 4.74 Å². The van der Waals surface area contributed by atoms with Gasteiger partial charge in [0.05, 0.1) is 24.8 Å². The second-order valence-electron chi connectivity index (χ2n) is 6.70. The quantitative estimate of drug-likeness (QED) is 0.394. The van der Waals surface area contributed by atoms with Crippen molar-refractivity contribution >= 4 is 33.5 Å². The molecule has 0 unspecified atom stereocenters. The summed E-state index contributed by atoms with van der Waals surface area (Å²) in [5, 5.41) is 5.89. The summed E-state index contributed by atoms with van der Waals surface area (Å²) in [6.07, 6.45) is 1.55. The Kier molecular flexibility index (Phi) is 7.56. The number of sulfonamides is 1. The SMILES string of the molecule is COc1ccc(S(=O)(=O)N(CC(=O)N/N=C/c2sccc2C)Cc2ccccc2)cc1. The van der Waals surface area contributed by atoms with Crippen molar-refractivity contribution in [3.05, 3.63) is 82.0 Å². The molecule has 162 valence electrons. The molecule has 7 nitrogen and oxygen atoms in total.